The number of hydrogen-bond acceptors (Lipinski definition) is 3. The summed E-state index contributed by atoms with van der Waals surface area (Å²) in [7, 11) is 0. The molecule has 1 aliphatic rings. The van der Waals surface area contributed by atoms with Crippen molar-refractivity contribution in [3.63, 3.8) is 0 Å². The molecule has 0 aromatic carbocycles. The Balaban J connectivity index is 2.29. The largest absolute Gasteiger partial charge is 0.392 e. The van der Waals surface area contributed by atoms with Crippen molar-refractivity contribution in [1.82, 2.24) is 10.6 Å². The van der Waals surface area contributed by atoms with E-state index in [1.165, 1.54) is 0 Å². The van der Waals surface area contributed by atoms with Gasteiger partial charge >= 0.3 is 0 Å². The van der Waals surface area contributed by atoms with Crippen molar-refractivity contribution in [2.75, 3.05) is 13.1 Å². The fraction of sp³-hybridized carbons (Fsp3) is 0.900. The molecule has 1 aliphatic heterocycles. The van der Waals surface area contributed by atoms with Crippen molar-refractivity contribution >= 4 is 5.91 Å². The van der Waals surface area contributed by atoms with Crippen molar-refractivity contribution < 1.29 is 9.90 Å². The highest BCUT2D eigenvalue weighted by atomic mass is 16.3. The van der Waals surface area contributed by atoms with Gasteiger partial charge in [-0.05, 0) is 32.2 Å². The van der Waals surface area contributed by atoms with Crippen LogP contribution in [0.5, 0.6) is 0 Å². The third-order valence-corrected chi connectivity index (χ3v) is 2.55. The van der Waals surface area contributed by atoms with E-state index in [4.69, 9.17) is 5.11 Å². The Labute approximate surface area is 85.1 Å². The van der Waals surface area contributed by atoms with Gasteiger partial charge in [0.05, 0.1) is 12.1 Å². The zero-order valence-corrected chi connectivity index (χ0v) is 8.92. The Hall–Kier alpha value is -0.610. The number of nitrogens with one attached hydrogen (secondary N) is 2. The highest BCUT2D eigenvalue weighted by molar-refractivity contribution is 5.81. The van der Waals surface area contributed by atoms with Gasteiger partial charge in [0.25, 0.3) is 0 Å². The monoisotopic (exact) mass is 200 g/mol. The van der Waals surface area contributed by atoms with Crippen molar-refractivity contribution in [2.45, 2.75) is 38.8 Å². The van der Waals surface area contributed by atoms with E-state index in [9.17, 15) is 4.79 Å². The Morgan fingerprint density at radius 1 is 1.71 bits per heavy atom. The smallest absolute Gasteiger partial charge is 0.237 e. The Kier molecular flexibility index (Phi) is 4.35. The van der Waals surface area contributed by atoms with E-state index in [1.54, 1.807) is 6.92 Å². The number of piperidine rings is 1. The lowest BCUT2D eigenvalue weighted by atomic mass is 9.94. The summed E-state index contributed by atoms with van der Waals surface area (Å²) in [5.74, 6) is 0.621. The number of hydrogen-bond donors (Lipinski definition) is 3. The van der Waals surface area contributed by atoms with E-state index >= 15 is 0 Å². The molecule has 0 radical (unpaired) electrons. The second-order valence-corrected chi connectivity index (χ2v) is 4.23. The minimum Gasteiger partial charge on any atom is -0.392 e. The maximum Gasteiger partial charge on any atom is 0.237 e. The van der Waals surface area contributed by atoms with Gasteiger partial charge < -0.3 is 15.7 Å². The molecule has 1 fully saturated rings. The van der Waals surface area contributed by atoms with Gasteiger partial charge in [0.15, 0.2) is 0 Å². The van der Waals surface area contributed by atoms with Crippen molar-refractivity contribution in [2.24, 2.45) is 5.92 Å². The Bertz CT molecular complexity index is 195. The fourth-order valence-electron chi connectivity index (χ4n) is 1.68. The van der Waals surface area contributed by atoms with Crippen molar-refractivity contribution in [3.05, 3.63) is 0 Å². The molecule has 4 nitrogen and oxygen atoms in total. The van der Waals surface area contributed by atoms with E-state index in [0.29, 0.717) is 12.5 Å². The molecule has 3 N–H and O–H groups in total. The standard InChI is InChI=1S/C10H20N2O2/c1-7-3-4-11-9(5-7)10(14)12-6-8(2)13/h7-9,11,13H,3-6H2,1-2H3,(H,12,14)/t7?,8-,9?/m1/s1. The van der Waals surface area contributed by atoms with Crippen LogP contribution in [0.2, 0.25) is 0 Å². The number of carbonyl (C=O) groups excluding carboxylic acids is 1. The van der Waals surface area contributed by atoms with E-state index in [1.807, 2.05) is 0 Å². The van der Waals surface area contributed by atoms with E-state index in [-0.39, 0.29) is 11.9 Å². The molecule has 14 heavy (non-hydrogen) atoms. The molecule has 1 rings (SSSR count). The lowest BCUT2D eigenvalue weighted by Crippen LogP contribution is -2.49. The Morgan fingerprint density at radius 3 is 3.00 bits per heavy atom. The summed E-state index contributed by atoms with van der Waals surface area (Å²) in [5.41, 5.74) is 0. The number of carbonyl (C=O) groups is 1. The van der Waals surface area contributed by atoms with Gasteiger partial charge in [-0.2, -0.15) is 0 Å². The zero-order chi connectivity index (χ0) is 10.6. The minimum absolute atomic E-state index is 0.0115. The molecule has 0 aromatic heterocycles. The highest BCUT2D eigenvalue weighted by Crippen LogP contribution is 2.14. The molecule has 4 heteroatoms. The molecule has 0 bridgehead atoms. The molecule has 0 aromatic rings. The van der Waals surface area contributed by atoms with E-state index in [0.717, 1.165) is 19.4 Å². The molecular weight excluding hydrogens is 180 g/mol. The molecule has 3 atom stereocenters. The van der Waals surface area contributed by atoms with Crippen LogP contribution in [0.15, 0.2) is 0 Å². The SMILES string of the molecule is CC1CCNC(C(=O)NC[C@@H](C)O)C1. The average molecular weight is 200 g/mol. The first kappa shape index (κ1) is 11.5. The van der Waals surface area contributed by atoms with Gasteiger partial charge in [-0.15, -0.1) is 0 Å². The summed E-state index contributed by atoms with van der Waals surface area (Å²) in [6.45, 7) is 5.08. The molecule has 1 saturated heterocycles. The van der Waals surface area contributed by atoms with Crippen LogP contribution in [0.3, 0.4) is 0 Å². The maximum atomic E-state index is 11.6. The molecule has 0 aliphatic carbocycles. The number of rotatable bonds is 3. The number of aliphatic hydroxyl groups is 1. The average Bonchev–Trinajstić information content (AvgIpc) is 2.14. The fourth-order valence-corrected chi connectivity index (χ4v) is 1.68. The molecule has 2 unspecified atom stereocenters. The predicted molar refractivity (Wildman–Crippen MR) is 54.9 cm³/mol. The van der Waals surface area contributed by atoms with Crippen LogP contribution in [0.25, 0.3) is 0 Å². The summed E-state index contributed by atoms with van der Waals surface area (Å²) in [6.07, 6.45) is 1.56. The topological polar surface area (TPSA) is 61.4 Å². The predicted octanol–water partition coefficient (Wildman–Crippen LogP) is -0.128. The van der Waals surface area contributed by atoms with Gasteiger partial charge in [-0.3, -0.25) is 4.79 Å². The zero-order valence-electron chi connectivity index (χ0n) is 8.92. The third-order valence-electron chi connectivity index (χ3n) is 2.55. The van der Waals surface area contributed by atoms with Crippen LogP contribution in [-0.4, -0.2) is 36.2 Å². The molecule has 0 saturated carbocycles. The van der Waals surface area contributed by atoms with Gasteiger partial charge in [-0.1, -0.05) is 6.92 Å². The quantitative estimate of drug-likeness (QED) is 0.595. The van der Waals surface area contributed by atoms with Crippen molar-refractivity contribution in [3.8, 4) is 0 Å². The molecule has 1 amide bonds. The van der Waals surface area contributed by atoms with E-state index in [2.05, 4.69) is 17.6 Å². The summed E-state index contributed by atoms with van der Waals surface area (Å²) in [5, 5.41) is 14.9. The molecule has 82 valence electrons. The number of amides is 1. The lowest BCUT2D eigenvalue weighted by Gasteiger charge is -2.27. The van der Waals surface area contributed by atoms with Gasteiger partial charge in [0.2, 0.25) is 5.91 Å². The third kappa shape index (κ3) is 3.64. The highest BCUT2D eigenvalue weighted by Gasteiger charge is 2.24. The molecular formula is C10H20N2O2. The first-order valence-electron chi connectivity index (χ1n) is 5.28. The van der Waals surface area contributed by atoms with Crippen LogP contribution in [-0.2, 0) is 4.79 Å². The summed E-state index contributed by atoms with van der Waals surface area (Å²) < 4.78 is 0. The second kappa shape index (κ2) is 5.32. The van der Waals surface area contributed by atoms with Crippen LogP contribution in [0, 0.1) is 5.92 Å². The van der Waals surface area contributed by atoms with Gasteiger partial charge in [0, 0.05) is 6.54 Å². The second-order valence-electron chi connectivity index (χ2n) is 4.23. The van der Waals surface area contributed by atoms with Crippen LogP contribution < -0.4 is 10.6 Å². The normalized spacial score (nSPS) is 29.6. The first-order chi connectivity index (χ1) is 6.59. The van der Waals surface area contributed by atoms with Crippen molar-refractivity contribution in [1.29, 1.82) is 0 Å². The lowest BCUT2D eigenvalue weighted by molar-refractivity contribution is -0.124. The van der Waals surface area contributed by atoms with Gasteiger partial charge in [0.1, 0.15) is 0 Å². The van der Waals surface area contributed by atoms with Crippen LogP contribution >= 0.6 is 0 Å². The summed E-state index contributed by atoms with van der Waals surface area (Å²) >= 11 is 0. The van der Waals surface area contributed by atoms with Gasteiger partial charge in [-0.25, -0.2) is 0 Å². The first-order valence-corrected chi connectivity index (χ1v) is 5.28. The molecule has 0 spiro atoms. The number of aliphatic hydroxyl groups excluding tert-OH is 1. The van der Waals surface area contributed by atoms with Crippen LogP contribution in [0.1, 0.15) is 26.7 Å². The molecule has 1 heterocycles. The minimum atomic E-state index is -0.472. The van der Waals surface area contributed by atoms with Crippen LogP contribution in [0.4, 0.5) is 0 Å². The van der Waals surface area contributed by atoms with E-state index < -0.39 is 6.10 Å². The Morgan fingerprint density at radius 2 is 2.43 bits per heavy atom. The maximum absolute atomic E-state index is 11.6. The summed E-state index contributed by atoms with van der Waals surface area (Å²) in [4.78, 5) is 11.6. The summed E-state index contributed by atoms with van der Waals surface area (Å²) in [6, 6.07) is -0.0718.